The number of benzene rings is 1. The average molecular weight is 450 g/mol. The van der Waals surface area contributed by atoms with Gasteiger partial charge >= 0.3 is 5.97 Å². The van der Waals surface area contributed by atoms with Crippen LogP contribution in [-0.4, -0.2) is 34.6 Å². The standard InChI is InChI=1S/C21H28ClN5O2S/c1-20(2,3)29-19(28)21(4)8-10-27(11-9-21)15-12-25-18(17(24)26-15)30-14-7-5-6-13(23)16(14)22/h5-7,12H,8-11,23H2,1-4H3,(H2,24,26). The number of hydrogen-bond donors (Lipinski definition) is 2. The highest BCUT2D eigenvalue weighted by Gasteiger charge is 2.40. The van der Waals surface area contributed by atoms with Gasteiger partial charge in [-0.3, -0.25) is 4.79 Å². The molecule has 3 rings (SSSR count). The summed E-state index contributed by atoms with van der Waals surface area (Å²) in [4.78, 5) is 24.5. The topological polar surface area (TPSA) is 107 Å². The van der Waals surface area contributed by atoms with Crippen molar-refractivity contribution in [1.29, 1.82) is 0 Å². The van der Waals surface area contributed by atoms with Gasteiger partial charge in [-0.2, -0.15) is 0 Å². The van der Waals surface area contributed by atoms with Crippen LogP contribution < -0.4 is 16.4 Å². The molecule has 0 aliphatic carbocycles. The molecule has 7 nitrogen and oxygen atoms in total. The number of carbonyl (C=O) groups excluding carboxylic acids is 1. The number of rotatable bonds is 4. The van der Waals surface area contributed by atoms with E-state index >= 15 is 0 Å². The van der Waals surface area contributed by atoms with Crippen molar-refractivity contribution in [3.05, 3.63) is 29.4 Å². The maximum absolute atomic E-state index is 12.6. The van der Waals surface area contributed by atoms with Crippen molar-refractivity contribution in [2.75, 3.05) is 29.5 Å². The molecule has 1 aliphatic rings. The highest BCUT2D eigenvalue weighted by atomic mass is 35.5. The summed E-state index contributed by atoms with van der Waals surface area (Å²) in [5.41, 5.74) is 11.5. The molecule has 0 spiro atoms. The van der Waals surface area contributed by atoms with E-state index in [-0.39, 0.29) is 5.97 Å². The Morgan fingerprint density at radius 2 is 1.93 bits per heavy atom. The maximum atomic E-state index is 12.6. The monoisotopic (exact) mass is 449 g/mol. The van der Waals surface area contributed by atoms with Crippen LogP contribution in [0, 0.1) is 5.41 Å². The fourth-order valence-corrected chi connectivity index (χ4v) is 4.22. The lowest BCUT2D eigenvalue weighted by atomic mass is 9.80. The first kappa shape index (κ1) is 22.5. The predicted molar refractivity (Wildman–Crippen MR) is 122 cm³/mol. The minimum absolute atomic E-state index is 0.147. The van der Waals surface area contributed by atoms with Crippen LogP contribution in [-0.2, 0) is 9.53 Å². The first-order valence-electron chi connectivity index (χ1n) is 9.81. The number of nitrogens with two attached hydrogens (primary N) is 2. The zero-order valence-corrected chi connectivity index (χ0v) is 19.3. The van der Waals surface area contributed by atoms with E-state index < -0.39 is 11.0 Å². The Kier molecular flexibility index (Phi) is 6.38. The number of aromatic nitrogens is 2. The van der Waals surface area contributed by atoms with Crippen molar-refractivity contribution in [1.82, 2.24) is 9.97 Å². The highest BCUT2D eigenvalue weighted by Crippen LogP contribution is 2.38. The van der Waals surface area contributed by atoms with Gasteiger partial charge < -0.3 is 21.1 Å². The quantitative estimate of drug-likeness (QED) is 0.522. The maximum Gasteiger partial charge on any atom is 0.312 e. The van der Waals surface area contributed by atoms with Crippen molar-refractivity contribution >= 4 is 46.7 Å². The Morgan fingerprint density at radius 3 is 2.53 bits per heavy atom. The number of halogens is 1. The van der Waals surface area contributed by atoms with Crippen LogP contribution in [0.2, 0.25) is 5.02 Å². The molecule has 2 aromatic rings. The zero-order valence-electron chi connectivity index (χ0n) is 17.7. The third-order valence-electron chi connectivity index (χ3n) is 5.03. The highest BCUT2D eigenvalue weighted by molar-refractivity contribution is 7.99. The molecule has 0 atom stereocenters. The number of piperidine rings is 1. The molecule has 4 N–H and O–H groups in total. The van der Waals surface area contributed by atoms with Crippen molar-refractivity contribution in [2.45, 2.75) is 56.1 Å². The van der Waals surface area contributed by atoms with Gasteiger partial charge in [0.1, 0.15) is 16.4 Å². The van der Waals surface area contributed by atoms with Crippen LogP contribution in [0.15, 0.2) is 34.3 Å². The normalized spacial score (nSPS) is 16.4. The fraction of sp³-hybridized carbons (Fsp3) is 0.476. The summed E-state index contributed by atoms with van der Waals surface area (Å²) >= 11 is 7.59. The van der Waals surface area contributed by atoms with Crippen LogP contribution in [0.3, 0.4) is 0 Å². The van der Waals surface area contributed by atoms with Gasteiger partial charge in [-0.05, 0) is 52.7 Å². The first-order valence-corrected chi connectivity index (χ1v) is 11.0. The van der Waals surface area contributed by atoms with E-state index in [4.69, 9.17) is 27.8 Å². The molecule has 0 radical (unpaired) electrons. The smallest absolute Gasteiger partial charge is 0.312 e. The summed E-state index contributed by atoms with van der Waals surface area (Å²) in [6.07, 6.45) is 3.06. The van der Waals surface area contributed by atoms with E-state index in [0.29, 0.717) is 53.3 Å². The van der Waals surface area contributed by atoms with E-state index in [2.05, 4.69) is 14.9 Å². The number of ether oxygens (including phenoxy) is 1. The summed E-state index contributed by atoms with van der Waals surface area (Å²) < 4.78 is 5.60. The number of carbonyl (C=O) groups is 1. The van der Waals surface area contributed by atoms with Gasteiger partial charge in [-0.15, -0.1) is 0 Å². The summed E-state index contributed by atoms with van der Waals surface area (Å²) in [6.45, 7) is 8.98. The van der Waals surface area contributed by atoms with Crippen LogP contribution in [0.1, 0.15) is 40.5 Å². The molecule has 0 amide bonds. The molecule has 1 aromatic heterocycles. The van der Waals surface area contributed by atoms with Crippen molar-refractivity contribution in [3.8, 4) is 0 Å². The van der Waals surface area contributed by atoms with Crippen molar-refractivity contribution < 1.29 is 9.53 Å². The van der Waals surface area contributed by atoms with Crippen LogP contribution in [0.5, 0.6) is 0 Å². The number of nitrogens with zero attached hydrogens (tertiary/aromatic N) is 3. The molecular formula is C21H28ClN5O2S. The molecule has 1 aromatic carbocycles. The van der Waals surface area contributed by atoms with E-state index in [0.717, 1.165) is 4.90 Å². The molecule has 2 heterocycles. The van der Waals surface area contributed by atoms with Crippen LogP contribution >= 0.6 is 23.4 Å². The van der Waals surface area contributed by atoms with E-state index in [1.807, 2.05) is 39.8 Å². The predicted octanol–water partition coefficient (Wildman–Crippen LogP) is 4.39. The zero-order chi connectivity index (χ0) is 22.1. The molecule has 0 unspecified atom stereocenters. The Bertz CT molecular complexity index is 939. The lowest BCUT2D eigenvalue weighted by Gasteiger charge is -2.39. The van der Waals surface area contributed by atoms with E-state index in [1.54, 1.807) is 12.3 Å². The van der Waals surface area contributed by atoms with Gasteiger partial charge in [0.2, 0.25) is 0 Å². The van der Waals surface area contributed by atoms with E-state index in [1.165, 1.54) is 11.8 Å². The summed E-state index contributed by atoms with van der Waals surface area (Å²) in [6, 6.07) is 5.43. The van der Waals surface area contributed by atoms with Gasteiger partial charge in [-0.25, -0.2) is 9.97 Å². The molecule has 1 saturated heterocycles. The lowest BCUT2D eigenvalue weighted by Crippen LogP contribution is -2.45. The van der Waals surface area contributed by atoms with Crippen molar-refractivity contribution in [2.24, 2.45) is 5.41 Å². The minimum atomic E-state index is -0.497. The molecule has 30 heavy (non-hydrogen) atoms. The second-order valence-corrected chi connectivity index (χ2v) is 10.1. The summed E-state index contributed by atoms with van der Waals surface area (Å²) in [5, 5.41) is 1.05. The lowest BCUT2D eigenvalue weighted by molar-refractivity contribution is -0.167. The third kappa shape index (κ3) is 5.10. The third-order valence-corrected chi connectivity index (χ3v) is 6.64. The Balaban J connectivity index is 1.68. The number of hydrogen-bond acceptors (Lipinski definition) is 8. The minimum Gasteiger partial charge on any atom is -0.460 e. The average Bonchev–Trinajstić information content (AvgIpc) is 2.66. The molecular weight excluding hydrogens is 422 g/mol. The Morgan fingerprint density at radius 1 is 1.27 bits per heavy atom. The molecule has 0 saturated carbocycles. The fourth-order valence-electron chi connectivity index (χ4n) is 3.16. The molecule has 0 bridgehead atoms. The number of nitrogen functional groups attached to an aromatic ring is 2. The molecule has 162 valence electrons. The van der Waals surface area contributed by atoms with Crippen LogP contribution in [0.25, 0.3) is 0 Å². The van der Waals surface area contributed by atoms with Crippen molar-refractivity contribution in [3.63, 3.8) is 0 Å². The first-order chi connectivity index (χ1) is 14.0. The van der Waals surface area contributed by atoms with E-state index in [9.17, 15) is 4.79 Å². The largest absolute Gasteiger partial charge is 0.460 e. The number of esters is 1. The van der Waals surface area contributed by atoms with Crippen LogP contribution in [0.4, 0.5) is 17.3 Å². The van der Waals surface area contributed by atoms with Gasteiger partial charge in [-0.1, -0.05) is 29.4 Å². The molecule has 1 aliphatic heterocycles. The summed E-state index contributed by atoms with van der Waals surface area (Å²) in [7, 11) is 0. The van der Waals surface area contributed by atoms with Gasteiger partial charge in [0.15, 0.2) is 5.82 Å². The Labute approximate surface area is 186 Å². The second-order valence-electron chi connectivity index (χ2n) is 8.73. The summed E-state index contributed by atoms with van der Waals surface area (Å²) in [5.74, 6) is 0.879. The Hall–Kier alpha value is -2.19. The SMILES string of the molecule is CC(C)(C)OC(=O)C1(C)CCN(c2cnc(Sc3cccc(N)c3Cl)c(N)n2)CC1. The second kappa shape index (κ2) is 8.51. The van der Waals surface area contributed by atoms with Gasteiger partial charge in [0, 0.05) is 18.0 Å². The van der Waals surface area contributed by atoms with Gasteiger partial charge in [0.05, 0.1) is 22.3 Å². The van der Waals surface area contributed by atoms with Gasteiger partial charge in [0.25, 0.3) is 0 Å². The number of anilines is 3. The molecule has 9 heteroatoms. The molecule has 1 fully saturated rings.